The van der Waals surface area contributed by atoms with Crippen molar-refractivity contribution in [1.82, 2.24) is 20.0 Å². The van der Waals surface area contributed by atoms with Crippen LogP contribution in [-0.2, 0) is 6.54 Å². The van der Waals surface area contributed by atoms with Gasteiger partial charge in [-0.05, 0) is 31.4 Å². The van der Waals surface area contributed by atoms with E-state index in [1.807, 2.05) is 29.1 Å². The molecule has 1 aliphatic carbocycles. The number of para-hydroxylation sites is 1. The highest BCUT2D eigenvalue weighted by Crippen LogP contribution is 2.29. The Labute approximate surface area is 125 Å². The summed E-state index contributed by atoms with van der Waals surface area (Å²) in [6, 6.07) is 11.8. The van der Waals surface area contributed by atoms with E-state index < -0.39 is 0 Å². The van der Waals surface area contributed by atoms with Gasteiger partial charge in [0.2, 0.25) is 0 Å². The van der Waals surface area contributed by atoms with Crippen molar-refractivity contribution in [2.45, 2.75) is 37.9 Å². The second-order valence-corrected chi connectivity index (χ2v) is 6.22. The van der Waals surface area contributed by atoms with Crippen molar-refractivity contribution in [1.29, 1.82) is 0 Å². The summed E-state index contributed by atoms with van der Waals surface area (Å²) in [5.74, 6) is 0. The van der Waals surface area contributed by atoms with Gasteiger partial charge in [-0.15, -0.1) is 0 Å². The molecule has 2 aromatic rings. The molecule has 21 heavy (non-hydrogen) atoms. The number of nitrogens with one attached hydrogen (secondary N) is 1. The van der Waals surface area contributed by atoms with Crippen LogP contribution in [0.15, 0.2) is 42.7 Å². The van der Waals surface area contributed by atoms with Crippen LogP contribution in [0.3, 0.4) is 0 Å². The Morgan fingerprint density at radius 1 is 1.14 bits per heavy atom. The van der Waals surface area contributed by atoms with E-state index in [0.717, 1.165) is 18.3 Å². The van der Waals surface area contributed by atoms with E-state index in [4.69, 9.17) is 0 Å². The highest BCUT2D eigenvalue weighted by molar-refractivity contribution is 5.30. The third-order valence-corrected chi connectivity index (χ3v) is 4.53. The Morgan fingerprint density at radius 2 is 2.00 bits per heavy atom. The maximum atomic E-state index is 4.45. The summed E-state index contributed by atoms with van der Waals surface area (Å²) in [6.07, 6.45) is 8.19. The molecular formula is C17H22N4. The van der Waals surface area contributed by atoms with Crippen LogP contribution in [-0.4, -0.2) is 39.9 Å². The summed E-state index contributed by atoms with van der Waals surface area (Å²) in [5, 5.41) is 8.13. The summed E-state index contributed by atoms with van der Waals surface area (Å²) < 4.78 is 1.95. The Balaban J connectivity index is 1.32. The lowest BCUT2D eigenvalue weighted by Crippen LogP contribution is -2.32. The van der Waals surface area contributed by atoms with Gasteiger partial charge in [0, 0.05) is 43.5 Å². The first kappa shape index (κ1) is 13.0. The quantitative estimate of drug-likeness (QED) is 0.912. The van der Waals surface area contributed by atoms with Crippen molar-refractivity contribution in [2.24, 2.45) is 0 Å². The van der Waals surface area contributed by atoms with E-state index in [1.165, 1.54) is 37.9 Å². The first-order chi connectivity index (χ1) is 10.4. The molecule has 1 aromatic heterocycles. The number of nitrogens with zero attached hydrogens (tertiary/aromatic N) is 3. The standard InChI is InChI=1S/C17H22N4/c1-2-4-17(5-3-1)21-12-14(11-19-21)10-18-15-8-9-20(13-15)16-6-7-16/h1-5,11-12,15-16,18H,6-10,13H2/t15-/m0/s1. The normalized spacial score (nSPS) is 22.8. The van der Waals surface area contributed by atoms with Crippen LogP contribution in [0, 0.1) is 0 Å². The summed E-state index contributed by atoms with van der Waals surface area (Å²) >= 11 is 0. The van der Waals surface area contributed by atoms with Crippen LogP contribution >= 0.6 is 0 Å². The molecule has 0 spiro atoms. The van der Waals surface area contributed by atoms with Gasteiger partial charge in [0.25, 0.3) is 0 Å². The van der Waals surface area contributed by atoms with Gasteiger partial charge >= 0.3 is 0 Å². The zero-order valence-corrected chi connectivity index (χ0v) is 12.3. The molecule has 1 aliphatic heterocycles. The van der Waals surface area contributed by atoms with Gasteiger partial charge in [0.1, 0.15) is 0 Å². The van der Waals surface area contributed by atoms with Crippen LogP contribution in [0.2, 0.25) is 0 Å². The van der Waals surface area contributed by atoms with Crippen LogP contribution < -0.4 is 5.32 Å². The maximum absolute atomic E-state index is 4.45. The fourth-order valence-corrected chi connectivity index (χ4v) is 3.16. The van der Waals surface area contributed by atoms with Gasteiger partial charge < -0.3 is 5.32 Å². The fourth-order valence-electron chi connectivity index (χ4n) is 3.16. The molecule has 4 nitrogen and oxygen atoms in total. The SMILES string of the molecule is c1ccc(-n2cc(CN[C@H]3CCN(C4CC4)C3)cn2)cc1. The highest BCUT2D eigenvalue weighted by Gasteiger charge is 2.34. The van der Waals surface area contributed by atoms with Gasteiger partial charge in [-0.3, -0.25) is 4.90 Å². The van der Waals surface area contributed by atoms with Crippen molar-refractivity contribution in [3.05, 3.63) is 48.3 Å². The van der Waals surface area contributed by atoms with Crippen molar-refractivity contribution in [3.8, 4) is 5.69 Å². The van der Waals surface area contributed by atoms with Crippen LogP contribution in [0.1, 0.15) is 24.8 Å². The zero-order chi connectivity index (χ0) is 14.1. The molecule has 4 rings (SSSR count). The Bertz CT molecular complexity index is 588. The minimum atomic E-state index is 0.644. The van der Waals surface area contributed by atoms with E-state index in [1.54, 1.807) is 0 Å². The van der Waals surface area contributed by atoms with Gasteiger partial charge in [0.05, 0.1) is 11.9 Å². The lowest BCUT2D eigenvalue weighted by Gasteiger charge is -2.15. The van der Waals surface area contributed by atoms with Crippen LogP contribution in [0.4, 0.5) is 0 Å². The molecule has 0 bridgehead atoms. The summed E-state index contributed by atoms with van der Waals surface area (Å²) in [6.45, 7) is 3.40. The second-order valence-electron chi connectivity index (χ2n) is 6.22. The molecule has 1 saturated heterocycles. The molecule has 0 radical (unpaired) electrons. The topological polar surface area (TPSA) is 33.1 Å². The zero-order valence-electron chi connectivity index (χ0n) is 12.3. The third kappa shape index (κ3) is 3.01. The van der Waals surface area contributed by atoms with E-state index in [2.05, 4.69) is 33.6 Å². The number of hydrogen-bond donors (Lipinski definition) is 1. The van der Waals surface area contributed by atoms with E-state index >= 15 is 0 Å². The Hall–Kier alpha value is -1.65. The van der Waals surface area contributed by atoms with E-state index in [-0.39, 0.29) is 0 Å². The lowest BCUT2D eigenvalue weighted by atomic mass is 10.2. The molecule has 0 amide bonds. The van der Waals surface area contributed by atoms with Crippen molar-refractivity contribution >= 4 is 0 Å². The average Bonchev–Trinajstić information content (AvgIpc) is 3.09. The van der Waals surface area contributed by atoms with Gasteiger partial charge in [-0.2, -0.15) is 5.10 Å². The minimum absolute atomic E-state index is 0.644. The summed E-state index contributed by atoms with van der Waals surface area (Å²) in [7, 11) is 0. The molecule has 1 atom stereocenters. The number of likely N-dealkylation sites (tertiary alicyclic amines) is 1. The van der Waals surface area contributed by atoms with Gasteiger partial charge in [-0.25, -0.2) is 4.68 Å². The summed E-state index contributed by atoms with van der Waals surface area (Å²) in [5.41, 5.74) is 2.37. The molecule has 4 heteroatoms. The van der Waals surface area contributed by atoms with Crippen molar-refractivity contribution < 1.29 is 0 Å². The molecule has 0 unspecified atom stereocenters. The molecule has 2 aliphatic rings. The summed E-state index contributed by atoms with van der Waals surface area (Å²) in [4.78, 5) is 2.64. The lowest BCUT2D eigenvalue weighted by molar-refractivity contribution is 0.317. The first-order valence-corrected chi connectivity index (χ1v) is 7.95. The second kappa shape index (κ2) is 5.62. The number of benzene rings is 1. The van der Waals surface area contributed by atoms with Crippen LogP contribution in [0.25, 0.3) is 5.69 Å². The monoisotopic (exact) mass is 282 g/mol. The molecular weight excluding hydrogens is 260 g/mol. The largest absolute Gasteiger partial charge is 0.308 e. The van der Waals surface area contributed by atoms with E-state index in [9.17, 15) is 0 Å². The highest BCUT2D eigenvalue weighted by atomic mass is 15.3. The minimum Gasteiger partial charge on any atom is -0.308 e. The smallest absolute Gasteiger partial charge is 0.0645 e. The predicted octanol–water partition coefficient (Wildman–Crippen LogP) is 2.20. The van der Waals surface area contributed by atoms with Crippen LogP contribution in [0.5, 0.6) is 0 Å². The third-order valence-electron chi connectivity index (χ3n) is 4.53. The van der Waals surface area contributed by atoms with E-state index in [0.29, 0.717) is 6.04 Å². The Morgan fingerprint density at radius 3 is 2.81 bits per heavy atom. The molecule has 2 heterocycles. The first-order valence-electron chi connectivity index (χ1n) is 7.95. The molecule has 1 saturated carbocycles. The van der Waals surface area contributed by atoms with Gasteiger partial charge in [0.15, 0.2) is 0 Å². The van der Waals surface area contributed by atoms with Gasteiger partial charge in [-0.1, -0.05) is 18.2 Å². The fraction of sp³-hybridized carbons (Fsp3) is 0.471. The molecule has 110 valence electrons. The molecule has 1 aromatic carbocycles. The van der Waals surface area contributed by atoms with Crippen molar-refractivity contribution in [2.75, 3.05) is 13.1 Å². The molecule has 2 fully saturated rings. The number of aromatic nitrogens is 2. The predicted molar refractivity (Wildman–Crippen MR) is 83.4 cm³/mol. The average molecular weight is 282 g/mol. The maximum Gasteiger partial charge on any atom is 0.0645 e. The number of rotatable bonds is 5. The number of hydrogen-bond acceptors (Lipinski definition) is 3. The molecule has 1 N–H and O–H groups in total. The Kier molecular flexibility index (Phi) is 3.49. The van der Waals surface area contributed by atoms with Crippen molar-refractivity contribution in [3.63, 3.8) is 0 Å².